The largest absolute Gasteiger partial charge is 0.481 e. The van der Waals surface area contributed by atoms with E-state index in [0.717, 1.165) is 18.4 Å². The minimum atomic E-state index is -1.03. The lowest BCUT2D eigenvalue weighted by molar-refractivity contribution is -0.144. The second-order valence-electron chi connectivity index (χ2n) is 7.57. The van der Waals surface area contributed by atoms with Crippen LogP contribution in [-0.2, 0) is 4.79 Å². The minimum absolute atomic E-state index is 0.00490. The average Bonchev–Trinajstić information content (AvgIpc) is 3.37. The van der Waals surface area contributed by atoms with Gasteiger partial charge in [0.05, 0.1) is 11.6 Å². The molecule has 1 saturated carbocycles. The van der Waals surface area contributed by atoms with Crippen LogP contribution in [0.1, 0.15) is 26.2 Å². The monoisotopic (exact) mass is 371 g/mol. The van der Waals surface area contributed by atoms with Crippen molar-refractivity contribution in [3.05, 3.63) is 42.1 Å². The third-order valence-corrected chi connectivity index (χ3v) is 5.33. The van der Waals surface area contributed by atoms with Crippen LogP contribution >= 0.6 is 0 Å². The van der Waals surface area contributed by atoms with Crippen molar-refractivity contribution >= 4 is 18.0 Å². The van der Waals surface area contributed by atoms with Crippen LogP contribution in [0.15, 0.2) is 47.1 Å². The number of alkyl halides is 1. The zero-order chi connectivity index (χ0) is 19.0. The van der Waals surface area contributed by atoms with Crippen molar-refractivity contribution in [3.8, 4) is 5.88 Å². The number of hydrogen-bond donors (Lipinski definition) is 1. The molecule has 2 aliphatic carbocycles. The van der Waals surface area contributed by atoms with Gasteiger partial charge < -0.3 is 9.84 Å². The van der Waals surface area contributed by atoms with Crippen LogP contribution in [-0.4, -0.2) is 39.8 Å². The Morgan fingerprint density at radius 1 is 1.48 bits per heavy atom. The molecule has 2 heterocycles. The van der Waals surface area contributed by atoms with Gasteiger partial charge in [-0.2, -0.15) is 9.78 Å². The lowest BCUT2D eigenvalue weighted by atomic mass is 9.86. The number of hydrogen-bond acceptors (Lipinski definition) is 4. The number of allylic oxidation sites excluding steroid dienone is 2. The van der Waals surface area contributed by atoms with Gasteiger partial charge in [0.2, 0.25) is 5.88 Å². The number of carboxylic acid groups (broad SMARTS) is 1. The van der Waals surface area contributed by atoms with E-state index >= 15 is 0 Å². The van der Waals surface area contributed by atoms with Crippen molar-refractivity contribution in [2.75, 3.05) is 6.61 Å². The van der Waals surface area contributed by atoms with E-state index in [1.807, 2.05) is 12.2 Å². The molecule has 0 radical (unpaired) electrons. The van der Waals surface area contributed by atoms with E-state index in [1.54, 1.807) is 37.6 Å². The molecular weight excluding hydrogens is 349 g/mol. The molecule has 0 bridgehead atoms. The van der Waals surface area contributed by atoms with E-state index in [9.17, 15) is 14.3 Å². The Bertz CT molecular complexity index is 866. The molecule has 0 spiro atoms. The molecule has 3 aliphatic rings. The fourth-order valence-corrected chi connectivity index (χ4v) is 3.41. The van der Waals surface area contributed by atoms with Gasteiger partial charge in [0.15, 0.2) is 5.82 Å². The highest BCUT2D eigenvalue weighted by Gasteiger charge is 2.36. The Labute approximate surface area is 156 Å². The van der Waals surface area contributed by atoms with Crippen LogP contribution in [0.2, 0.25) is 0 Å². The highest BCUT2D eigenvalue weighted by atomic mass is 19.1. The number of aliphatic carboxylic acids is 1. The van der Waals surface area contributed by atoms with Crippen molar-refractivity contribution in [2.24, 2.45) is 22.2 Å². The van der Waals surface area contributed by atoms with Crippen molar-refractivity contribution < 1.29 is 19.0 Å². The topological polar surface area (TPSA) is 76.7 Å². The first-order valence-corrected chi connectivity index (χ1v) is 9.15. The van der Waals surface area contributed by atoms with Crippen LogP contribution < -0.4 is 4.74 Å². The van der Waals surface area contributed by atoms with Crippen LogP contribution in [0.4, 0.5) is 4.39 Å². The van der Waals surface area contributed by atoms with E-state index < -0.39 is 17.6 Å². The van der Waals surface area contributed by atoms with Crippen molar-refractivity contribution in [1.29, 1.82) is 0 Å². The Hall–Kier alpha value is -2.70. The number of carboxylic acids is 1. The second-order valence-corrected chi connectivity index (χ2v) is 7.57. The lowest BCUT2D eigenvalue weighted by Crippen LogP contribution is -2.28. The first-order chi connectivity index (χ1) is 13.0. The highest BCUT2D eigenvalue weighted by Crippen LogP contribution is 2.42. The predicted molar refractivity (Wildman–Crippen MR) is 99.2 cm³/mol. The molecule has 1 aliphatic heterocycles. The van der Waals surface area contributed by atoms with Gasteiger partial charge in [-0.15, -0.1) is 0 Å². The van der Waals surface area contributed by atoms with E-state index in [2.05, 4.69) is 10.1 Å². The normalized spacial score (nSPS) is 30.0. The fraction of sp³-hybridized carbons (Fsp3) is 0.450. The maximum Gasteiger partial charge on any atom is 0.313 e. The smallest absolute Gasteiger partial charge is 0.313 e. The van der Waals surface area contributed by atoms with Gasteiger partial charge in [0, 0.05) is 24.6 Å². The summed E-state index contributed by atoms with van der Waals surface area (Å²) in [6.07, 6.45) is 11.8. The molecule has 3 atom stereocenters. The van der Waals surface area contributed by atoms with Crippen molar-refractivity contribution in [2.45, 2.75) is 32.4 Å². The number of rotatable bonds is 6. The van der Waals surface area contributed by atoms with E-state index in [0.29, 0.717) is 24.0 Å². The number of ether oxygens (including phenoxy) is 1. The Morgan fingerprint density at radius 3 is 3.00 bits per heavy atom. The van der Waals surface area contributed by atoms with Gasteiger partial charge in [0.25, 0.3) is 0 Å². The van der Waals surface area contributed by atoms with Crippen molar-refractivity contribution in [3.63, 3.8) is 0 Å². The van der Waals surface area contributed by atoms with Gasteiger partial charge in [-0.1, -0.05) is 12.2 Å². The van der Waals surface area contributed by atoms with Gasteiger partial charge in [0.1, 0.15) is 12.8 Å². The SMILES string of the molecule is C[C@@]1(C(=O)O)C=C(n2nccc2OCC2=CC(F)C(C3CC3)C=C2)N=CC1. The third-order valence-electron chi connectivity index (χ3n) is 5.33. The average molecular weight is 371 g/mol. The van der Waals surface area contributed by atoms with Gasteiger partial charge in [-0.25, -0.2) is 9.38 Å². The highest BCUT2D eigenvalue weighted by molar-refractivity contribution is 5.85. The van der Waals surface area contributed by atoms with Gasteiger partial charge >= 0.3 is 5.97 Å². The number of nitrogens with zero attached hydrogens (tertiary/aromatic N) is 3. The quantitative estimate of drug-likeness (QED) is 0.830. The van der Waals surface area contributed by atoms with Crippen LogP contribution in [0.25, 0.3) is 5.82 Å². The Balaban J connectivity index is 1.46. The first-order valence-electron chi connectivity index (χ1n) is 9.15. The summed E-state index contributed by atoms with van der Waals surface area (Å²) in [7, 11) is 0. The van der Waals surface area contributed by atoms with E-state index in [-0.39, 0.29) is 12.5 Å². The molecule has 27 heavy (non-hydrogen) atoms. The molecule has 6 nitrogen and oxygen atoms in total. The summed E-state index contributed by atoms with van der Waals surface area (Å²) in [6, 6.07) is 1.68. The second kappa shape index (κ2) is 6.79. The first kappa shape index (κ1) is 17.7. The zero-order valence-electron chi connectivity index (χ0n) is 15.1. The molecule has 1 aromatic rings. The number of aromatic nitrogens is 2. The van der Waals surface area contributed by atoms with Crippen LogP contribution in [0, 0.1) is 17.3 Å². The molecule has 7 heteroatoms. The molecule has 0 amide bonds. The maximum absolute atomic E-state index is 14.3. The molecule has 1 aromatic heterocycles. The summed E-state index contributed by atoms with van der Waals surface area (Å²) in [6.45, 7) is 1.85. The van der Waals surface area contributed by atoms with E-state index in [4.69, 9.17) is 4.74 Å². The molecule has 1 fully saturated rings. The molecule has 1 N–H and O–H groups in total. The molecule has 142 valence electrons. The van der Waals surface area contributed by atoms with Gasteiger partial charge in [-0.3, -0.25) is 4.79 Å². The summed E-state index contributed by atoms with van der Waals surface area (Å²) in [4.78, 5) is 15.8. The standard InChI is InChI=1S/C20H22FN3O3/c1-20(19(25)26)7-9-22-17(11-20)24-18(6-8-23-24)27-12-13-2-5-15(14-3-4-14)16(21)10-13/h2,5-6,8-11,14-16H,3-4,7,12H2,1H3,(H,25,26)/t15?,16?,20-/m0/s1. The summed E-state index contributed by atoms with van der Waals surface area (Å²) < 4.78 is 21.6. The maximum atomic E-state index is 14.3. The Morgan fingerprint density at radius 2 is 2.30 bits per heavy atom. The third kappa shape index (κ3) is 3.59. The molecule has 0 aromatic carbocycles. The molecular formula is C20H22FN3O3. The van der Waals surface area contributed by atoms with E-state index in [1.165, 1.54) is 4.68 Å². The summed E-state index contributed by atoms with van der Waals surface area (Å²) >= 11 is 0. The fourth-order valence-electron chi connectivity index (χ4n) is 3.41. The molecule has 4 rings (SSSR count). The summed E-state index contributed by atoms with van der Waals surface area (Å²) in [5.74, 6) is 0.391. The summed E-state index contributed by atoms with van der Waals surface area (Å²) in [5, 5.41) is 13.6. The summed E-state index contributed by atoms with van der Waals surface area (Å²) in [5.41, 5.74) is -0.252. The van der Waals surface area contributed by atoms with Gasteiger partial charge in [-0.05, 0) is 43.4 Å². The minimum Gasteiger partial charge on any atom is -0.481 e. The predicted octanol–water partition coefficient (Wildman–Crippen LogP) is 3.49. The molecule has 2 unspecified atom stereocenters. The zero-order valence-corrected chi connectivity index (χ0v) is 15.1. The van der Waals surface area contributed by atoms with Crippen LogP contribution in [0.5, 0.6) is 5.88 Å². The lowest BCUT2D eigenvalue weighted by Gasteiger charge is -2.23. The van der Waals surface area contributed by atoms with Crippen LogP contribution in [0.3, 0.4) is 0 Å². The molecule has 0 saturated heterocycles. The number of aliphatic imine (C=N–C) groups is 1. The Kier molecular flexibility index (Phi) is 4.45. The van der Waals surface area contributed by atoms with Crippen molar-refractivity contribution in [1.82, 2.24) is 9.78 Å². The number of halogens is 1. The number of carbonyl (C=O) groups is 1.